The van der Waals surface area contributed by atoms with Gasteiger partial charge >= 0.3 is 0 Å². The third-order valence-electron chi connectivity index (χ3n) is 3.82. The molecule has 0 saturated heterocycles. The second kappa shape index (κ2) is 10.5. The van der Waals surface area contributed by atoms with Crippen molar-refractivity contribution in [2.24, 2.45) is 0 Å². The van der Waals surface area contributed by atoms with Crippen LogP contribution in [0.3, 0.4) is 0 Å². The van der Waals surface area contributed by atoms with Gasteiger partial charge < -0.3 is 5.32 Å². The van der Waals surface area contributed by atoms with Gasteiger partial charge in [-0.15, -0.1) is 20.4 Å². The van der Waals surface area contributed by atoms with E-state index in [9.17, 15) is 9.59 Å². The highest BCUT2D eigenvalue weighted by molar-refractivity contribution is 9.10. The summed E-state index contributed by atoms with van der Waals surface area (Å²) in [5, 5.41) is 23.7. The summed E-state index contributed by atoms with van der Waals surface area (Å²) in [6, 6.07) is 7.81. The summed E-state index contributed by atoms with van der Waals surface area (Å²) in [6.45, 7) is 2.47. The standard InChI is InChI=1S/C18H19BrN6O2S2/c1-2-14-22-25-18(29-14)21-16(27)17-24-23-15(28-17)8-4-7-13(26)20-10-11-5-3-6-12(19)9-11/h3,5-6,9H,2,4,7-8,10H2,1H3,(H,20,26)(H,21,25,27). The first kappa shape index (κ1) is 21.5. The number of carbonyl (C=O) groups excluding carboxylic acids is 2. The Hall–Kier alpha value is -2.24. The van der Waals surface area contributed by atoms with Crippen molar-refractivity contribution >= 4 is 55.5 Å². The minimum atomic E-state index is -0.348. The Morgan fingerprint density at radius 1 is 1.10 bits per heavy atom. The van der Waals surface area contributed by atoms with Crippen LogP contribution in [0, 0.1) is 0 Å². The van der Waals surface area contributed by atoms with Gasteiger partial charge in [-0.3, -0.25) is 14.9 Å². The molecule has 152 valence electrons. The van der Waals surface area contributed by atoms with Gasteiger partial charge in [0.05, 0.1) is 0 Å². The molecule has 3 rings (SSSR count). The molecule has 29 heavy (non-hydrogen) atoms. The lowest BCUT2D eigenvalue weighted by Gasteiger charge is -2.05. The molecule has 0 aliphatic carbocycles. The van der Waals surface area contributed by atoms with Crippen LogP contribution >= 0.6 is 38.6 Å². The molecule has 2 aromatic heterocycles. The fourth-order valence-corrected chi connectivity index (χ4v) is 4.28. The number of nitrogens with zero attached hydrogens (tertiary/aromatic N) is 4. The Morgan fingerprint density at radius 3 is 2.69 bits per heavy atom. The summed E-state index contributed by atoms with van der Waals surface area (Å²) in [5.74, 6) is -0.366. The molecule has 0 unspecified atom stereocenters. The highest BCUT2D eigenvalue weighted by atomic mass is 79.9. The van der Waals surface area contributed by atoms with Gasteiger partial charge in [-0.25, -0.2) is 0 Å². The lowest BCUT2D eigenvalue weighted by molar-refractivity contribution is -0.121. The maximum atomic E-state index is 12.2. The summed E-state index contributed by atoms with van der Waals surface area (Å²) in [4.78, 5) is 24.2. The number of halogens is 1. The van der Waals surface area contributed by atoms with E-state index in [0.717, 1.165) is 26.5 Å². The molecular formula is C18H19BrN6O2S2. The zero-order chi connectivity index (χ0) is 20.6. The molecule has 0 aliphatic heterocycles. The Bertz CT molecular complexity index is 990. The Kier molecular flexibility index (Phi) is 7.78. The van der Waals surface area contributed by atoms with Crippen LogP contribution < -0.4 is 10.6 Å². The van der Waals surface area contributed by atoms with Crippen molar-refractivity contribution in [2.45, 2.75) is 39.2 Å². The number of amides is 2. The van der Waals surface area contributed by atoms with Gasteiger partial charge in [-0.05, 0) is 30.5 Å². The van der Waals surface area contributed by atoms with Gasteiger partial charge in [-0.1, -0.05) is 57.7 Å². The summed E-state index contributed by atoms with van der Waals surface area (Å²) in [7, 11) is 0. The molecule has 8 nitrogen and oxygen atoms in total. The molecule has 0 atom stereocenters. The van der Waals surface area contributed by atoms with Crippen LogP contribution in [0.25, 0.3) is 0 Å². The van der Waals surface area contributed by atoms with Crippen molar-refractivity contribution in [1.29, 1.82) is 0 Å². The van der Waals surface area contributed by atoms with E-state index in [1.807, 2.05) is 31.2 Å². The summed E-state index contributed by atoms with van der Waals surface area (Å²) >= 11 is 5.97. The number of carbonyl (C=O) groups is 2. The van der Waals surface area contributed by atoms with Crippen LogP contribution in [-0.2, 0) is 24.2 Å². The first-order valence-corrected chi connectivity index (χ1v) is 11.4. The van der Waals surface area contributed by atoms with E-state index in [0.29, 0.717) is 30.9 Å². The molecule has 0 radical (unpaired) electrons. The van der Waals surface area contributed by atoms with Gasteiger partial charge in [0.25, 0.3) is 5.91 Å². The van der Waals surface area contributed by atoms with Crippen molar-refractivity contribution in [1.82, 2.24) is 25.7 Å². The Balaban J connectivity index is 1.40. The molecule has 0 aliphatic rings. The molecule has 0 bridgehead atoms. The van der Waals surface area contributed by atoms with Gasteiger partial charge in [0.2, 0.25) is 16.0 Å². The van der Waals surface area contributed by atoms with Crippen LogP contribution in [0.15, 0.2) is 28.7 Å². The average molecular weight is 495 g/mol. The first-order valence-electron chi connectivity index (χ1n) is 9.00. The molecular weight excluding hydrogens is 476 g/mol. The second-order valence-corrected chi connectivity index (χ2v) is 9.11. The van der Waals surface area contributed by atoms with E-state index >= 15 is 0 Å². The van der Waals surface area contributed by atoms with Gasteiger partial charge in [-0.2, -0.15) is 0 Å². The lowest BCUT2D eigenvalue weighted by Crippen LogP contribution is -2.22. The molecule has 2 N–H and O–H groups in total. The SMILES string of the molecule is CCc1nnc(NC(=O)c2nnc(CCCC(=O)NCc3cccc(Br)c3)s2)s1. The fraction of sp³-hybridized carbons (Fsp3) is 0.333. The maximum absolute atomic E-state index is 12.2. The summed E-state index contributed by atoms with van der Waals surface area (Å²) in [5.41, 5.74) is 1.04. The van der Waals surface area contributed by atoms with Crippen molar-refractivity contribution in [3.8, 4) is 0 Å². The molecule has 0 spiro atoms. The maximum Gasteiger partial charge on any atom is 0.288 e. The minimum Gasteiger partial charge on any atom is -0.352 e. The fourth-order valence-electron chi connectivity index (χ4n) is 2.38. The van der Waals surface area contributed by atoms with Gasteiger partial charge in [0, 0.05) is 23.9 Å². The van der Waals surface area contributed by atoms with Crippen molar-refractivity contribution in [3.63, 3.8) is 0 Å². The largest absolute Gasteiger partial charge is 0.352 e. The third-order valence-corrected chi connectivity index (χ3v) is 6.28. The molecule has 1 aromatic carbocycles. The molecule has 2 amide bonds. The highest BCUT2D eigenvalue weighted by Crippen LogP contribution is 2.18. The number of aromatic nitrogens is 4. The summed E-state index contributed by atoms with van der Waals surface area (Å²) < 4.78 is 0.984. The predicted molar refractivity (Wildman–Crippen MR) is 116 cm³/mol. The number of anilines is 1. The number of hydrogen-bond donors (Lipinski definition) is 2. The van der Waals surface area contributed by atoms with Crippen molar-refractivity contribution in [3.05, 3.63) is 49.3 Å². The zero-order valence-corrected chi connectivity index (χ0v) is 18.9. The van der Waals surface area contributed by atoms with Crippen LogP contribution in [0.2, 0.25) is 0 Å². The van der Waals surface area contributed by atoms with Crippen LogP contribution in [0.4, 0.5) is 5.13 Å². The Labute approximate surface area is 184 Å². The lowest BCUT2D eigenvalue weighted by atomic mass is 10.2. The van der Waals surface area contributed by atoms with E-state index in [2.05, 4.69) is 47.0 Å². The zero-order valence-electron chi connectivity index (χ0n) is 15.6. The molecule has 11 heteroatoms. The first-order chi connectivity index (χ1) is 14.0. The summed E-state index contributed by atoms with van der Waals surface area (Å²) in [6.07, 6.45) is 2.39. The van der Waals surface area contributed by atoms with E-state index in [-0.39, 0.29) is 16.8 Å². The van der Waals surface area contributed by atoms with E-state index < -0.39 is 0 Å². The highest BCUT2D eigenvalue weighted by Gasteiger charge is 2.15. The van der Waals surface area contributed by atoms with E-state index in [4.69, 9.17) is 0 Å². The number of nitrogens with one attached hydrogen (secondary N) is 2. The smallest absolute Gasteiger partial charge is 0.288 e. The average Bonchev–Trinajstić information content (AvgIpc) is 3.36. The van der Waals surface area contributed by atoms with E-state index in [1.54, 1.807) is 0 Å². The molecule has 2 heterocycles. The predicted octanol–water partition coefficient (Wildman–Crippen LogP) is 3.61. The van der Waals surface area contributed by atoms with Crippen LogP contribution in [0.1, 0.15) is 45.1 Å². The number of benzene rings is 1. The number of aryl methyl sites for hydroxylation is 2. The quantitative estimate of drug-likeness (QED) is 0.470. The van der Waals surface area contributed by atoms with Crippen molar-refractivity contribution < 1.29 is 9.59 Å². The van der Waals surface area contributed by atoms with Gasteiger partial charge in [0.15, 0.2) is 0 Å². The van der Waals surface area contributed by atoms with Crippen LogP contribution in [0.5, 0.6) is 0 Å². The monoisotopic (exact) mass is 494 g/mol. The Morgan fingerprint density at radius 2 is 1.93 bits per heavy atom. The third kappa shape index (κ3) is 6.65. The molecule has 3 aromatic rings. The van der Waals surface area contributed by atoms with Crippen molar-refractivity contribution in [2.75, 3.05) is 5.32 Å². The molecule has 0 saturated carbocycles. The van der Waals surface area contributed by atoms with E-state index in [1.165, 1.54) is 22.7 Å². The molecule has 0 fully saturated rings. The number of rotatable bonds is 9. The topological polar surface area (TPSA) is 110 Å². The second-order valence-electron chi connectivity index (χ2n) is 6.07. The van der Waals surface area contributed by atoms with Crippen LogP contribution in [-0.4, -0.2) is 32.2 Å². The minimum absolute atomic E-state index is 0.0181. The van der Waals surface area contributed by atoms with Gasteiger partial charge in [0.1, 0.15) is 10.0 Å². The number of hydrogen-bond acceptors (Lipinski definition) is 8. The normalized spacial score (nSPS) is 10.7.